The molecule has 1 aromatic heterocycles. The van der Waals surface area contributed by atoms with Gasteiger partial charge in [0.1, 0.15) is 5.75 Å². The molecule has 1 heterocycles. The molecule has 0 spiro atoms. The van der Waals surface area contributed by atoms with Gasteiger partial charge in [-0.1, -0.05) is 32.0 Å². The molecule has 0 aliphatic heterocycles. The molecule has 0 aliphatic carbocycles. The van der Waals surface area contributed by atoms with E-state index < -0.39 is 0 Å². The Labute approximate surface area is 236 Å². The highest BCUT2D eigenvalue weighted by molar-refractivity contribution is 7.11. The zero-order chi connectivity index (χ0) is 28.4. The number of hydrogen-bond donors (Lipinski definition) is 0. The zero-order valence-electron chi connectivity index (χ0n) is 23.9. The fraction of sp³-hybridized carbons (Fsp3) is 0.419. The highest BCUT2D eigenvalue weighted by Gasteiger charge is 2.23. The highest BCUT2D eigenvalue weighted by Crippen LogP contribution is 2.28. The van der Waals surface area contributed by atoms with Crippen molar-refractivity contribution in [3.63, 3.8) is 0 Å². The van der Waals surface area contributed by atoms with E-state index in [9.17, 15) is 9.59 Å². The molecule has 7 nitrogen and oxygen atoms in total. The maximum absolute atomic E-state index is 13.7. The molecule has 3 rings (SSSR count). The lowest BCUT2D eigenvalue weighted by Crippen LogP contribution is -2.45. The minimum absolute atomic E-state index is 0.0451. The van der Waals surface area contributed by atoms with Crippen LogP contribution in [0.4, 0.5) is 0 Å². The number of aryl methyl sites for hydroxylation is 1. The standard InChI is InChI=1S/C31H40N2O5S/c1-22(2)19-33(30(34)18-24-8-11-26(36-4)12-9-24)21-31(35)32(20-27-13-7-23(3)39-27)16-15-25-10-14-28(37-5)29(17-25)38-6/h7-14,17,22H,15-16,18-21H2,1-6H3. The van der Waals surface area contributed by atoms with E-state index in [1.165, 1.54) is 4.88 Å². The summed E-state index contributed by atoms with van der Waals surface area (Å²) in [6.45, 7) is 7.76. The van der Waals surface area contributed by atoms with E-state index in [1.807, 2.05) is 47.4 Å². The van der Waals surface area contributed by atoms with Crippen LogP contribution in [0.3, 0.4) is 0 Å². The van der Waals surface area contributed by atoms with Gasteiger partial charge in [0.05, 0.1) is 40.8 Å². The molecule has 0 saturated heterocycles. The first-order valence-corrected chi connectivity index (χ1v) is 14.0. The molecule has 0 fully saturated rings. The summed E-state index contributed by atoms with van der Waals surface area (Å²) in [5.41, 5.74) is 1.93. The van der Waals surface area contributed by atoms with Gasteiger partial charge in [-0.2, -0.15) is 0 Å². The van der Waals surface area contributed by atoms with Crippen LogP contribution in [-0.2, 0) is 29.0 Å². The average molecular weight is 553 g/mol. The average Bonchev–Trinajstić information content (AvgIpc) is 3.34. The summed E-state index contributed by atoms with van der Waals surface area (Å²) in [5, 5.41) is 0. The maximum Gasteiger partial charge on any atom is 0.242 e. The number of ether oxygens (including phenoxy) is 3. The number of nitrogens with zero attached hydrogens (tertiary/aromatic N) is 2. The molecular formula is C31H40N2O5S. The van der Waals surface area contributed by atoms with E-state index in [0.29, 0.717) is 37.6 Å². The Balaban J connectivity index is 1.75. The summed E-state index contributed by atoms with van der Waals surface area (Å²) in [7, 11) is 4.84. The molecule has 0 saturated carbocycles. The molecule has 3 aromatic rings. The Morgan fingerprint density at radius 2 is 1.51 bits per heavy atom. The molecular weight excluding hydrogens is 512 g/mol. The molecule has 0 aliphatic rings. The predicted molar refractivity (Wildman–Crippen MR) is 156 cm³/mol. The van der Waals surface area contributed by atoms with Crippen molar-refractivity contribution in [1.82, 2.24) is 9.80 Å². The first kappa shape index (κ1) is 30.0. The van der Waals surface area contributed by atoms with Gasteiger partial charge in [-0.25, -0.2) is 0 Å². The van der Waals surface area contributed by atoms with Crippen LogP contribution in [0.2, 0.25) is 0 Å². The van der Waals surface area contributed by atoms with Crippen molar-refractivity contribution in [3.05, 3.63) is 75.5 Å². The maximum atomic E-state index is 13.7. The van der Waals surface area contributed by atoms with Gasteiger partial charge >= 0.3 is 0 Å². The number of carbonyl (C=O) groups excluding carboxylic acids is 2. The summed E-state index contributed by atoms with van der Waals surface area (Å²) in [5.74, 6) is 2.18. The van der Waals surface area contributed by atoms with E-state index >= 15 is 0 Å². The molecule has 2 aromatic carbocycles. The van der Waals surface area contributed by atoms with Crippen LogP contribution >= 0.6 is 11.3 Å². The summed E-state index contributed by atoms with van der Waals surface area (Å²) >= 11 is 1.69. The van der Waals surface area contributed by atoms with Crippen LogP contribution in [0.1, 0.15) is 34.7 Å². The van der Waals surface area contributed by atoms with Gasteiger partial charge in [-0.15, -0.1) is 11.3 Å². The van der Waals surface area contributed by atoms with E-state index in [2.05, 4.69) is 32.9 Å². The first-order chi connectivity index (χ1) is 18.7. The number of methoxy groups -OCH3 is 3. The number of hydrogen-bond acceptors (Lipinski definition) is 6. The van der Waals surface area contributed by atoms with Crippen LogP contribution in [0, 0.1) is 12.8 Å². The van der Waals surface area contributed by atoms with Crippen molar-refractivity contribution in [1.29, 1.82) is 0 Å². The minimum Gasteiger partial charge on any atom is -0.497 e. The van der Waals surface area contributed by atoms with Gasteiger partial charge in [0, 0.05) is 22.8 Å². The van der Waals surface area contributed by atoms with Gasteiger partial charge in [0.2, 0.25) is 11.8 Å². The molecule has 39 heavy (non-hydrogen) atoms. The largest absolute Gasteiger partial charge is 0.497 e. The second kappa shape index (κ2) is 14.6. The second-order valence-electron chi connectivity index (χ2n) is 9.96. The van der Waals surface area contributed by atoms with Gasteiger partial charge in [-0.05, 0) is 66.8 Å². The van der Waals surface area contributed by atoms with Crippen LogP contribution in [-0.4, -0.2) is 62.6 Å². The Bertz CT molecular complexity index is 1220. The van der Waals surface area contributed by atoms with Gasteiger partial charge in [0.15, 0.2) is 11.5 Å². The third-order valence-corrected chi connectivity index (χ3v) is 7.38. The SMILES string of the molecule is COc1ccc(CC(=O)N(CC(=O)N(CCc2ccc(OC)c(OC)c2)Cc2ccc(C)s2)CC(C)C)cc1. The van der Waals surface area contributed by atoms with Crippen LogP contribution < -0.4 is 14.2 Å². The molecule has 0 bridgehead atoms. The fourth-order valence-electron chi connectivity index (χ4n) is 4.34. The highest BCUT2D eigenvalue weighted by atomic mass is 32.1. The number of thiophene rings is 1. The predicted octanol–water partition coefficient (Wildman–Crippen LogP) is 5.38. The number of carbonyl (C=O) groups is 2. The van der Waals surface area contributed by atoms with Crippen molar-refractivity contribution >= 4 is 23.2 Å². The third kappa shape index (κ3) is 9.03. The van der Waals surface area contributed by atoms with Crippen molar-refractivity contribution in [2.24, 2.45) is 5.92 Å². The van der Waals surface area contributed by atoms with Crippen molar-refractivity contribution in [3.8, 4) is 17.2 Å². The molecule has 8 heteroatoms. The molecule has 2 amide bonds. The normalized spacial score (nSPS) is 10.8. The first-order valence-electron chi connectivity index (χ1n) is 13.2. The zero-order valence-corrected chi connectivity index (χ0v) is 24.7. The van der Waals surface area contributed by atoms with Crippen LogP contribution in [0.25, 0.3) is 0 Å². The van der Waals surface area contributed by atoms with E-state index in [4.69, 9.17) is 14.2 Å². The molecule has 210 valence electrons. The lowest BCUT2D eigenvalue weighted by Gasteiger charge is -2.29. The Morgan fingerprint density at radius 3 is 2.10 bits per heavy atom. The monoisotopic (exact) mass is 552 g/mol. The Kier molecular flexibility index (Phi) is 11.2. The van der Waals surface area contributed by atoms with Gasteiger partial charge in [0.25, 0.3) is 0 Å². The smallest absolute Gasteiger partial charge is 0.242 e. The number of benzene rings is 2. The van der Waals surface area contributed by atoms with E-state index in [-0.39, 0.29) is 30.7 Å². The Morgan fingerprint density at radius 1 is 0.821 bits per heavy atom. The van der Waals surface area contributed by atoms with E-state index in [1.54, 1.807) is 37.6 Å². The summed E-state index contributed by atoms with van der Waals surface area (Å²) in [6, 6.07) is 17.4. The quantitative estimate of drug-likeness (QED) is 0.269. The van der Waals surface area contributed by atoms with Crippen molar-refractivity contribution in [2.75, 3.05) is 41.0 Å². The molecule has 0 radical (unpaired) electrons. The summed E-state index contributed by atoms with van der Waals surface area (Å²) in [6.07, 6.45) is 0.889. The summed E-state index contributed by atoms with van der Waals surface area (Å²) < 4.78 is 16.0. The van der Waals surface area contributed by atoms with Crippen LogP contribution in [0.15, 0.2) is 54.6 Å². The number of amides is 2. The lowest BCUT2D eigenvalue weighted by atomic mass is 10.1. The Hall–Kier alpha value is -3.52. The molecule has 0 unspecified atom stereocenters. The van der Waals surface area contributed by atoms with Gasteiger partial charge < -0.3 is 24.0 Å². The minimum atomic E-state index is -0.0646. The van der Waals surface area contributed by atoms with Crippen molar-refractivity contribution in [2.45, 2.75) is 40.2 Å². The molecule has 0 atom stereocenters. The second-order valence-corrected chi connectivity index (χ2v) is 11.3. The number of rotatable bonds is 14. The van der Waals surface area contributed by atoms with Crippen molar-refractivity contribution < 1.29 is 23.8 Å². The summed E-state index contributed by atoms with van der Waals surface area (Å²) in [4.78, 5) is 32.9. The lowest BCUT2D eigenvalue weighted by molar-refractivity contribution is -0.141. The molecule has 0 N–H and O–H groups in total. The van der Waals surface area contributed by atoms with Crippen LogP contribution in [0.5, 0.6) is 17.2 Å². The fourth-order valence-corrected chi connectivity index (χ4v) is 5.24. The van der Waals surface area contributed by atoms with E-state index in [0.717, 1.165) is 21.8 Å². The van der Waals surface area contributed by atoms with Gasteiger partial charge in [-0.3, -0.25) is 9.59 Å². The third-order valence-electron chi connectivity index (χ3n) is 6.39. The topological polar surface area (TPSA) is 68.3 Å².